The topological polar surface area (TPSA) is 0 Å². The van der Waals surface area contributed by atoms with E-state index in [-0.39, 0.29) is 0 Å². The molecule has 1 unspecified atom stereocenters. The second-order valence-corrected chi connectivity index (χ2v) is 10.3. The van der Waals surface area contributed by atoms with E-state index in [1.54, 1.807) is 0 Å². The van der Waals surface area contributed by atoms with Crippen LogP contribution in [0, 0.1) is 10.8 Å². The van der Waals surface area contributed by atoms with E-state index >= 15 is 0 Å². The summed E-state index contributed by atoms with van der Waals surface area (Å²) in [6.45, 7) is 14.2. The first-order valence-corrected chi connectivity index (χ1v) is 12.4. The first-order chi connectivity index (χ1) is 12.4. The van der Waals surface area contributed by atoms with Gasteiger partial charge in [-0.2, -0.15) is 0 Å². The average molecular weight is 367 g/mol. The molecule has 0 heteroatoms. The molecule has 0 saturated carbocycles. The molecular formula is C26H54. The molecule has 0 spiro atoms. The van der Waals surface area contributed by atoms with Crippen LogP contribution in [0.2, 0.25) is 0 Å². The first-order valence-electron chi connectivity index (χ1n) is 12.4. The highest BCUT2D eigenvalue weighted by atomic mass is 14.3. The molecule has 0 saturated heterocycles. The van der Waals surface area contributed by atoms with Crippen LogP contribution in [-0.2, 0) is 0 Å². The van der Waals surface area contributed by atoms with Gasteiger partial charge < -0.3 is 0 Å². The van der Waals surface area contributed by atoms with Gasteiger partial charge in [0.2, 0.25) is 0 Å². The molecule has 0 aromatic heterocycles. The molecule has 0 aliphatic rings. The van der Waals surface area contributed by atoms with Gasteiger partial charge in [-0.1, -0.05) is 125 Å². The van der Waals surface area contributed by atoms with E-state index in [2.05, 4.69) is 41.5 Å². The fraction of sp³-hybridized carbons (Fsp3) is 1.00. The van der Waals surface area contributed by atoms with Gasteiger partial charge in [0.1, 0.15) is 0 Å². The van der Waals surface area contributed by atoms with Gasteiger partial charge in [0.05, 0.1) is 0 Å². The predicted molar refractivity (Wildman–Crippen MR) is 122 cm³/mol. The molecule has 0 N–H and O–H groups in total. The molecular weight excluding hydrogens is 312 g/mol. The molecule has 0 nitrogen and oxygen atoms in total. The van der Waals surface area contributed by atoms with Crippen molar-refractivity contribution in [3.8, 4) is 0 Å². The monoisotopic (exact) mass is 366 g/mol. The second-order valence-electron chi connectivity index (χ2n) is 10.3. The fourth-order valence-electron chi connectivity index (χ4n) is 4.64. The maximum Gasteiger partial charge on any atom is -0.0298 e. The summed E-state index contributed by atoms with van der Waals surface area (Å²) in [5.74, 6) is 0. The Labute approximate surface area is 168 Å². The molecule has 0 heterocycles. The van der Waals surface area contributed by atoms with Crippen LogP contribution in [-0.4, -0.2) is 0 Å². The Kier molecular flexibility index (Phi) is 16.0. The lowest BCUT2D eigenvalue weighted by Gasteiger charge is -2.35. The summed E-state index contributed by atoms with van der Waals surface area (Å²) in [5, 5.41) is 0. The van der Waals surface area contributed by atoms with Crippen molar-refractivity contribution < 1.29 is 0 Å². The van der Waals surface area contributed by atoms with Gasteiger partial charge in [-0.3, -0.25) is 0 Å². The lowest BCUT2D eigenvalue weighted by atomic mass is 9.71. The van der Waals surface area contributed by atoms with Crippen LogP contribution in [0.1, 0.15) is 157 Å². The van der Waals surface area contributed by atoms with Gasteiger partial charge in [0.25, 0.3) is 0 Å². The average Bonchev–Trinajstić information content (AvgIpc) is 2.57. The Morgan fingerprint density at radius 3 is 1.27 bits per heavy atom. The van der Waals surface area contributed by atoms with Gasteiger partial charge in [0, 0.05) is 0 Å². The summed E-state index contributed by atoms with van der Waals surface area (Å²) in [4.78, 5) is 0. The van der Waals surface area contributed by atoms with E-state index < -0.39 is 0 Å². The third-order valence-electron chi connectivity index (χ3n) is 6.29. The van der Waals surface area contributed by atoms with Crippen LogP contribution in [0.3, 0.4) is 0 Å². The maximum absolute atomic E-state index is 2.41. The highest BCUT2D eigenvalue weighted by molar-refractivity contribution is 4.79. The summed E-state index contributed by atoms with van der Waals surface area (Å²) in [6, 6.07) is 0. The molecule has 0 rings (SSSR count). The standard InChI is InChI=1S/C26H54/c1-7-10-12-13-14-18-23-26(20-9-3,22-16-11-8-2)24-19-15-17-21-25(4,5)6/h7-24H2,1-6H3. The Balaban J connectivity index is 4.41. The third-order valence-corrected chi connectivity index (χ3v) is 6.29. The van der Waals surface area contributed by atoms with Gasteiger partial charge >= 0.3 is 0 Å². The first kappa shape index (κ1) is 26.0. The van der Waals surface area contributed by atoms with Crippen LogP contribution in [0.5, 0.6) is 0 Å². The van der Waals surface area contributed by atoms with E-state index in [1.807, 2.05) is 0 Å². The summed E-state index contributed by atoms with van der Waals surface area (Å²) >= 11 is 0. The van der Waals surface area contributed by atoms with Crippen LogP contribution in [0.25, 0.3) is 0 Å². The Bertz CT molecular complexity index is 285. The summed E-state index contributed by atoms with van der Waals surface area (Å²) in [5.41, 5.74) is 1.19. The Morgan fingerprint density at radius 1 is 0.385 bits per heavy atom. The Hall–Kier alpha value is 0. The maximum atomic E-state index is 2.41. The van der Waals surface area contributed by atoms with Crippen molar-refractivity contribution in [1.29, 1.82) is 0 Å². The molecule has 0 bridgehead atoms. The number of rotatable bonds is 18. The molecule has 158 valence electrons. The molecule has 0 amide bonds. The summed E-state index contributed by atoms with van der Waals surface area (Å²) in [6.07, 6.45) is 26.1. The lowest BCUT2D eigenvalue weighted by molar-refractivity contribution is 0.175. The van der Waals surface area contributed by atoms with E-state index in [9.17, 15) is 0 Å². The summed E-state index contributed by atoms with van der Waals surface area (Å²) < 4.78 is 0. The van der Waals surface area contributed by atoms with Crippen molar-refractivity contribution in [3.63, 3.8) is 0 Å². The van der Waals surface area contributed by atoms with E-state index in [0.717, 1.165) is 0 Å². The predicted octanol–water partition coefficient (Wildman–Crippen LogP) is 10.1. The highest BCUT2D eigenvalue weighted by Crippen LogP contribution is 2.41. The molecule has 26 heavy (non-hydrogen) atoms. The largest absolute Gasteiger partial charge is 0.0654 e. The van der Waals surface area contributed by atoms with Crippen molar-refractivity contribution in [2.75, 3.05) is 0 Å². The van der Waals surface area contributed by atoms with Gasteiger partial charge in [0.15, 0.2) is 0 Å². The summed E-state index contributed by atoms with van der Waals surface area (Å²) in [7, 11) is 0. The van der Waals surface area contributed by atoms with Crippen molar-refractivity contribution >= 4 is 0 Å². The molecule has 0 aromatic carbocycles. The third kappa shape index (κ3) is 15.1. The highest BCUT2D eigenvalue weighted by Gasteiger charge is 2.27. The van der Waals surface area contributed by atoms with Gasteiger partial charge in [-0.15, -0.1) is 0 Å². The molecule has 0 radical (unpaired) electrons. The minimum atomic E-state index is 0.514. The minimum Gasteiger partial charge on any atom is -0.0654 e. The van der Waals surface area contributed by atoms with Crippen LogP contribution in [0.15, 0.2) is 0 Å². The van der Waals surface area contributed by atoms with Crippen LogP contribution in [0.4, 0.5) is 0 Å². The van der Waals surface area contributed by atoms with Crippen molar-refractivity contribution in [1.82, 2.24) is 0 Å². The van der Waals surface area contributed by atoms with Crippen LogP contribution < -0.4 is 0 Å². The van der Waals surface area contributed by atoms with Crippen LogP contribution >= 0.6 is 0 Å². The van der Waals surface area contributed by atoms with E-state index in [4.69, 9.17) is 0 Å². The second kappa shape index (κ2) is 16.0. The van der Waals surface area contributed by atoms with Crippen molar-refractivity contribution in [2.24, 2.45) is 10.8 Å². The molecule has 0 aromatic rings. The zero-order chi connectivity index (χ0) is 19.7. The quantitative estimate of drug-likeness (QED) is 0.212. The molecule has 0 aliphatic carbocycles. The molecule has 0 fully saturated rings. The van der Waals surface area contributed by atoms with Crippen molar-refractivity contribution in [2.45, 2.75) is 157 Å². The minimum absolute atomic E-state index is 0.514. The van der Waals surface area contributed by atoms with Gasteiger partial charge in [-0.05, 0) is 42.9 Å². The van der Waals surface area contributed by atoms with Gasteiger partial charge in [-0.25, -0.2) is 0 Å². The molecule has 0 aliphatic heterocycles. The van der Waals surface area contributed by atoms with Crippen molar-refractivity contribution in [3.05, 3.63) is 0 Å². The smallest absolute Gasteiger partial charge is 0.0298 e. The SMILES string of the molecule is CCCCCCCCC(CCC)(CCCCC)CCCCCC(C)(C)C. The lowest BCUT2D eigenvalue weighted by Crippen LogP contribution is -2.21. The number of hydrogen-bond donors (Lipinski definition) is 0. The van der Waals surface area contributed by atoms with E-state index in [1.165, 1.54) is 116 Å². The van der Waals surface area contributed by atoms with E-state index in [0.29, 0.717) is 10.8 Å². The number of hydrogen-bond acceptors (Lipinski definition) is 0. The zero-order valence-corrected chi connectivity index (χ0v) is 19.7. The normalized spacial score (nSPS) is 14.5. The number of unbranched alkanes of at least 4 members (excludes halogenated alkanes) is 9. The Morgan fingerprint density at radius 2 is 0.769 bits per heavy atom. The fourth-order valence-corrected chi connectivity index (χ4v) is 4.64. The zero-order valence-electron chi connectivity index (χ0n) is 19.7. The molecule has 1 atom stereocenters.